The van der Waals surface area contributed by atoms with Crippen LogP contribution in [-0.4, -0.2) is 6.54 Å². The molecule has 0 aliphatic carbocycles. The van der Waals surface area contributed by atoms with E-state index in [4.69, 9.17) is 0 Å². The largest absolute Gasteiger partial charge is 0.306 e. The Balaban J connectivity index is 2.58. The maximum atomic E-state index is 14.2. The Morgan fingerprint density at radius 2 is 1.67 bits per heavy atom. The van der Waals surface area contributed by atoms with Crippen LogP contribution in [0.25, 0.3) is 0 Å². The van der Waals surface area contributed by atoms with E-state index in [9.17, 15) is 13.2 Å². The van der Waals surface area contributed by atoms with Crippen molar-refractivity contribution in [2.75, 3.05) is 6.54 Å². The molecule has 0 heterocycles. The Hall–Kier alpha value is -1.33. The van der Waals surface area contributed by atoms with Gasteiger partial charge in [-0.05, 0) is 48.9 Å². The highest BCUT2D eigenvalue weighted by Gasteiger charge is 2.22. The zero-order valence-corrected chi connectivity index (χ0v) is 13.3. The SMILES string of the molecule is CCNC(c1cc(C)cc(F)c1)c1c(F)cc(Br)cc1F. The van der Waals surface area contributed by atoms with Crippen LogP contribution in [-0.2, 0) is 0 Å². The average molecular weight is 358 g/mol. The second-order valence-corrected chi connectivity index (χ2v) is 5.75. The van der Waals surface area contributed by atoms with Crippen LogP contribution in [0.2, 0.25) is 0 Å². The lowest BCUT2D eigenvalue weighted by Gasteiger charge is -2.21. The summed E-state index contributed by atoms with van der Waals surface area (Å²) in [6, 6.07) is 6.06. The lowest BCUT2D eigenvalue weighted by Crippen LogP contribution is -2.24. The van der Waals surface area contributed by atoms with Crippen molar-refractivity contribution in [1.82, 2.24) is 5.32 Å². The normalized spacial score (nSPS) is 12.5. The molecule has 1 N–H and O–H groups in total. The summed E-state index contributed by atoms with van der Waals surface area (Å²) in [5.74, 6) is -1.77. The molecule has 0 aromatic heterocycles. The molecule has 2 aromatic rings. The molecule has 0 amide bonds. The molecule has 0 bridgehead atoms. The number of benzene rings is 2. The Morgan fingerprint density at radius 1 is 1.05 bits per heavy atom. The first kappa shape index (κ1) is 16.0. The van der Waals surface area contributed by atoms with Crippen molar-refractivity contribution in [2.24, 2.45) is 0 Å². The van der Waals surface area contributed by atoms with E-state index in [0.717, 1.165) is 0 Å². The third-order valence-corrected chi connectivity index (χ3v) is 3.60. The lowest BCUT2D eigenvalue weighted by atomic mass is 9.96. The molecule has 1 unspecified atom stereocenters. The molecular formula is C16H15BrF3N. The van der Waals surface area contributed by atoms with E-state index >= 15 is 0 Å². The zero-order valence-electron chi connectivity index (χ0n) is 11.7. The summed E-state index contributed by atoms with van der Waals surface area (Å²) in [4.78, 5) is 0. The maximum absolute atomic E-state index is 14.2. The smallest absolute Gasteiger partial charge is 0.132 e. The zero-order chi connectivity index (χ0) is 15.6. The van der Waals surface area contributed by atoms with Gasteiger partial charge in [-0.1, -0.05) is 28.9 Å². The number of halogens is 4. The van der Waals surface area contributed by atoms with Crippen molar-refractivity contribution in [3.05, 3.63) is 68.9 Å². The van der Waals surface area contributed by atoms with Crippen LogP contribution < -0.4 is 5.32 Å². The lowest BCUT2D eigenvalue weighted by molar-refractivity contribution is 0.507. The van der Waals surface area contributed by atoms with Gasteiger partial charge in [-0.3, -0.25) is 0 Å². The van der Waals surface area contributed by atoms with E-state index in [1.807, 2.05) is 6.92 Å². The molecule has 2 rings (SSSR count). The molecule has 0 radical (unpaired) electrons. The molecule has 0 fully saturated rings. The van der Waals surface area contributed by atoms with E-state index < -0.39 is 23.5 Å². The minimum atomic E-state index is -0.738. The summed E-state index contributed by atoms with van der Waals surface area (Å²) < 4.78 is 42.2. The van der Waals surface area contributed by atoms with Gasteiger partial charge < -0.3 is 5.32 Å². The van der Waals surface area contributed by atoms with Crippen molar-refractivity contribution in [2.45, 2.75) is 19.9 Å². The van der Waals surface area contributed by atoms with Gasteiger partial charge in [0.05, 0.1) is 6.04 Å². The number of rotatable bonds is 4. The topological polar surface area (TPSA) is 12.0 Å². The van der Waals surface area contributed by atoms with E-state index in [-0.39, 0.29) is 5.56 Å². The Bertz CT molecular complexity index is 615. The first-order valence-corrected chi connectivity index (χ1v) is 7.36. The standard InChI is InChI=1S/C16H15BrF3N/c1-3-21-16(10-4-9(2)5-12(18)6-10)15-13(19)7-11(17)8-14(15)20/h4-8,16,21H,3H2,1-2H3. The molecule has 2 aromatic carbocycles. The predicted octanol–water partition coefficient (Wildman–Crippen LogP) is 4.87. The predicted molar refractivity (Wildman–Crippen MR) is 80.7 cm³/mol. The molecule has 1 atom stereocenters. The molecule has 5 heteroatoms. The fourth-order valence-electron chi connectivity index (χ4n) is 2.35. The molecule has 21 heavy (non-hydrogen) atoms. The first-order valence-electron chi connectivity index (χ1n) is 6.57. The average Bonchev–Trinajstić information content (AvgIpc) is 2.35. The molecule has 0 spiro atoms. The van der Waals surface area contributed by atoms with Gasteiger partial charge in [0.25, 0.3) is 0 Å². The number of hydrogen-bond donors (Lipinski definition) is 1. The number of aryl methyl sites for hydroxylation is 1. The van der Waals surface area contributed by atoms with Gasteiger partial charge in [-0.2, -0.15) is 0 Å². The van der Waals surface area contributed by atoms with Crippen molar-refractivity contribution < 1.29 is 13.2 Å². The molecule has 0 aliphatic rings. The highest BCUT2D eigenvalue weighted by molar-refractivity contribution is 9.10. The van der Waals surface area contributed by atoms with Gasteiger partial charge in [0.15, 0.2) is 0 Å². The fraction of sp³-hybridized carbons (Fsp3) is 0.250. The minimum absolute atomic E-state index is 0.106. The molecule has 1 nitrogen and oxygen atoms in total. The maximum Gasteiger partial charge on any atom is 0.132 e. The Kier molecular flexibility index (Phi) is 5.06. The summed E-state index contributed by atoms with van der Waals surface area (Å²) in [7, 11) is 0. The van der Waals surface area contributed by atoms with E-state index in [0.29, 0.717) is 22.1 Å². The second kappa shape index (κ2) is 6.62. The van der Waals surface area contributed by atoms with E-state index in [1.165, 1.54) is 24.3 Å². The number of hydrogen-bond acceptors (Lipinski definition) is 1. The van der Waals surface area contributed by atoms with Gasteiger partial charge in [0.1, 0.15) is 17.5 Å². The minimum Gasteiger partial charge on any atom is -0.306 e. The van der Waals surface area contributed by atoms with Gasteiger partial charge in [0.2, 0.25) is 0 Å². The third kappa shape index (κ3) is 3.66. The Labute approximate surface area is 130 Å². The molecule has 0 saturated heterocycles. The molecular weight excluding hydrogens is 343 g/mol. The van der Waals surface area contributed by atoms with Crippen LogP contribution in [0.1, 0.15) is 29.7 Å². The van der Waals surface area contributed by atoms with Gasteiger partial charge in [0, 0.05) is 10.0 Å². The summed E-state index contributed by atoms with van der Waals surface area (Å²) in [6.07, 6.45) is 0. The van der Waals surface area contributed by atoms with Crippen molar-refractivity contribution in [3.8, 4) is 0 Å². The highest BCUT2D eigenvalue weighted by Crippen LogP contribution is 2.30. The van der Waals surface area contributed by atoms with E-state index in [2.05, 4.69) is 21.2 Å². The van der Waals surface area contributed by atoms with Gasteiger partial charge in [-0.15, -0.1) is 0 Å². The number of nitrogens with one attached hydrogen (secondary N) is 1. The molecule has 0 saturated carbocycles. The Morgan fingerprint density at radius 3 is 2.19 bits per heavy atom. The summed E-state index contributed by atoms with van der Waals surface area (Å²) in [5, 5.41) is 3.01. The van der Waals surface area contributed by atoms with Crippen LogP contribution in [0.5, 0.6) is 0 Å². The summed E-state index contributed by atoms with van der Waals surface area (Å²) in [6.45, 7) is 4.06. The van der Waals surface area contributed by atoms with E-state index in [1.54, 1.807) is 13.0 Å². The monoisotopic (exact) mass is 357 g/mol. The first-order chi connectivity index (χ1) is 9.92. The van der Waals surface area contributed by atoms with Crippen molar-refractivity contribution in [1.29, 1.82) is 0 Å². The van der Waals surface area contributed by atoms with Crippen molar-refractivity contribution in [3.63, 3.8) is 0 Å². The second-order valence-electron chi connectivity index (χ2n) is 4.84. The highest BCUT2D eigenvalue weighted by atomic mass is 79.9. The summed E-state index contributed by atoms with van der Waals surface area (Å²) in [5.41, 5.74) is 1.09. The van der Waals surface area contributed by atoms with Gasteiger partial charge >= 0.3 is 0 Å². The van der Waals surface area contributed by atoms with Crippen LogP contribution in [0, 0.1) is 24.4 Å². The fourth-order valence-corrected chi connectivity index (χ4v) is 2.75. The molecule has 0 aliphatic heterocycles. The van der Waals surface area contributed by atoms with Crippen LogP contribution in [0.3, 0.4) is 0 Å². The van der Waals surface area contributed by atoms with Gasteiger partial charge in [-0.25, -0.2) is 13.2 Å². The quantitative estimate of drug-likeness (QED) is 0.822. The summed E-state index contributed by atoms with van der Waals surface area (Å²) >= 11 is 3.05. The van der Waals surface area contributed by atoms with Crippen LogP contribution in [0.15, 0.2) is 34.8 Å². The van der Waals surface area contributed by atoms with Crippen LogP contribution >= 0.6 is 15.9 Å². The van der Waals surface area contributed by atoms with Crippen LogP contribution in [0.4, 0.5) is 13.2 Å². The van der Waals surface area contributed by atoms with Crippen molar-refractivity contribution >= 4 is 15.9 Å². The molecule has 112 valence electrons. The third-order valence-electron chi connectivity index (χ3n) is 3.14.